The fourth-order valence-electron chi connectivity index (χ4n) is 1.51. The first kappa shape index (κ1) is 11.9. The molecule has 2 heteroatoms. The first-order valence-corrected chi connectivity index (χ1v) is 4.77. The molecule has 74 valence electrons. The van der Waals surface area contributed by atoms with E-state index in [0.29, 0.717) is 12.5 Å². The third-order valence-corrected chi connectivity index (χ3v) is 2.24. The molecule has 0 heterocycles. The van der Waals surface area contributed by atoms with Crippen molar-refractivity contribution in [1.82, 2.24) is 0 Å². The van der Waals surface area contributed by atoms with Gasteiger partial charge < -0.3 is 5.73 Å². The van der Waals surface area contributed by atoms with Crippen molar-refractivity contribution in [3.63, 3.8) is 0 Å². The van der Waals surface area contributed by atoms with Crippen LogP contribution < -0.4 is 5.73 Å². The van der Waals surface area contributed by atoms with Crippen LogP contribution in [0.2, 0.25) is 0 Å². The van der Waals surface area contributed by atoms with Crippen LogP contribution in [-0.4, -0.2) is 12.2 Å². The summed E-state index contributed by atoms with van der Waals surface area (Å²) < 4.78 is 13.5. The Hall–Kier alpha value is -0.110. The average Bonchev–Trinajstić information content (AvgIpc) is 1.83. The molecule has 0 aromatic carbocycles. The highest BCUT2D eigenvalue weighted by Crippen LogP contribution is 2.29. The summed E-state index contributed by atoms with van der Waals surface area (Å²) in [5.41, 5.74) is 4.36. The van der Waals surface area contributed by atoms with E-state index in [1.54, 1.807) is 13.8 Å². The van der Waals surface area contributed by atoms with E-state index in [2.05, 4.69) is 13.8 Å². The summed E-state index contributed by atoms with van der Waals surface area (Å²) in [6.45, 7) is 8.13. The summed E-state index contributed by atoms with van der Waals surface area (Å²) in [4.78, 5) is 0. The van der Waals surface area contributed by atoms with Gasteiger partial charge in [-0.3, -0.25) is 0 Å². The van der Waals surface area contributed by atoms with Gasteiger partial charge in [-0.15, -0.1) is 0 Å². The smallest absolute Gasteiger partial charge is 0.108 e. The zero-order valence-corrected chi connectivity index (χ0v) is 8.73. The van der Waals surface area contributed by atoms with Gasteiger partial charge in [0.1, 0.15) is 5.67 Å². The molecule has 2 N–H and O–H groups in total. The Balaban J connectivity index is 4.04. The predicted molar refractivity (Wildman–Crippen MR) is 51.8 cm³/mol. The van der Waals surface area contributed by atoms with Crippen molar-refractivity contribution in [2.24, 2.45) is 17.6 Å². The van der Waals surface area contributed by atoms with Crippen LogP contribution in [0.15, 0.2) is 0 Å². The Morgan fingerprint density at radius 2 is 1.83 bits per heavy atom. The first-order chi connectivity index (χ1) is 5.38. The highest BCUT2D eigenvalue weighted by molar-refractivity contribution is 4.78. The normalized spacial score (nSPS) is 15.2. The Morgan fingerprint density at radius 3 is 2.08 bits per heavy atom. The van der Waals surface area contributed by atoms with E-state index in [4.69, 9.17) is 5.73 Å². The largest absolute Gasteiger partial charge is 0.330 e. The Bertz CT molecular complexity index is 115. The van der Waals surface area contributed by atoms with Gasteiger partial charge >= 0.3 is 0 Å². The molecule has 0 saturated heterocycles. The summed E-state index contributed by atoms with van der Waals surface area (Å²) >= 11 is 0. The third-order valence-electron chi connectivity index (χ3n) is 2.24. The maximum atomic E-state index is 13.5. The van der Waals surface area contributed by atoms with Gasteiger partial charge in [-0.25, -0.2) is 4.39 Å². The van der Waals surface area contributed by atoms with Gasteiger partial charge in [0.2, 0.25) is 0 Å². The van der Waals surface area contributed by atoms with E-state index in [1.165, 1.54) is 0 Å². The molecule has 0 fully saturated rings. The summed E-state index contributed by atoms with van der Waals surface area (Å²) in [6, 6.07) is 0. The highest BCUT2D eigenvalue weighted by Gasteiger charge is 2.28. The van der Waals surface area contributed by atoms with Crippen LogP contribution in [0.3, 0.4) is 0 Å². The SMILES string of the molecule is CC(C)CC(CCN)C(C)(C)F. The van der Waals surface area contributed by atoms with Crippen LogP contribution in [0, 0.1) is 11.8 Å². The molecule has 0 aromatic rings. The van der Waals surface area contributed by atoms with Crippen molar-refractivity contribution >= 4 is 0 Å². The summed E-state index contributed by atoms with van der Waals surface area (Å²) in [7, 11) is 0. The lowest BCUT2D eigenvalue weighted by atomic mass is 9.83. The Labute approximate surface area is 75.5 Å². The number of rotatable bonds is 5. The molecule has 0 saturated carbocycles. The number of alkyl halides is 1. The van der Waals surface area contributed by atoms with E-state index in [0.717, 1.165) is 12.8 Å². The second kappa shape index (κ2) is 4.80. The minimum atomic E-state index is -1.08. The van der Waals surface area contributed by atoms with Crippen LogP contribution >= 0.6 is 0 Å². The highest BCUT2D eigenvalue weighted by atomic mass is 19.1. The zero-order chi connectivity index (χ0) is 9.78. The van der Waals surface area contributed by atoms with Gasteiger partial charge in [-0.1, -0.05) is 13.8 Å². The topological polar surface area (TPSA) is 26.0 Å². The number of halogens is 1. The van der Waals surface area contributed by atoms with Crippen LogP contribution in [-0.2, 0) is 0 Å². The van der Waals surface area contributed by atoms with Gasteiger partial charge in [0.05, 0.1) is 0 Å². The lowest BCUT2D eigenvalue weighted by Crippen LogP contribution is -2.29. The molecule has 1 atom stereocenters. The molecule has 0 rings (SSSR count). The molecule has 1 nitrogen and oxygen atoms in total. The summed E-state index contributed by atoms with van der Waals surface area (Å²) in [6.07, 6.45) is 1.72. The molecule has 0 aliphatic heterocycles. The summed E-state index contributed by atoms with van der Waals surface area (Å²) in [5, 5.41) is 0. The fourth-order valence-corrected chi connectivity index (χ4v) is 1.51. The molecule has 12 heavy (non-hydrogen) atoms. The monoisotopic (exact) mass is 175 g/mol. The average molecular weight is 175 g/mol. The second-order valence-electron chi connectivity index (χ2n) is 4.47. The minimum absolute atomic E-state index is 0.113. The van der Waals surface area contributed by atoms with E-state index >= 15 is 0 Å². The standard InChI is InChI=1S/C10H22FN/c1-8(2)7-9(5-6-12)10(3,4)11/h8-9H,5-7,12H2,1-4H3. The molecular weight excluding hydrogens is 153 g/mol. The van der Waals surface area contributed by atoms with Gasteiger partial charge in [0.15, 0.2) is 0 Å². The third kappa shape index (κ3) is 4.70. The molecule has 0 aliphatic rings. The molecule has 0 spiro atoms. The molecule has 0 amide bonds. The van der Waals surface area contributed by atoms with Crippen molar-refractivity contribution in [1.29, 1.82) is 0 Å². The van der Waals surface area contributed by atoms with E-state index < -0.39 is 5.67 Å². The van der Waals surface area contributed by atoms with Crippen molar-refractivity contribution in [2.75, 3.05) is 6.54 Å². The van der Waals surface area contributed by atoms with Crippen molar-refractivity contribution in [3.8, 4) is 0 Å². The lowest BCUT2D eigenvalue weighted by molar-refractivity contribution is 0.102. The Kier molecular flexibility index (Phi) is 4.76. The molecule has 0 aliphatic carbocycles. The van der Waals surface area contributed by atoms with Gasteiger partial charge in [-0.2, -0.15) is 0 Å². The first-order valence-electron chi connectivity index (χ1n) is 4.77. The van der Waals surface area contributed by atoms with Crippen LogP contribution in [0.4, 0.5) is 4.39 Å². The van der Waals surface area contributed by atoms with Crippen molar-refractivity contribution in [3.05, 3.63) is 0 Å². The fraction of sp³-hybridized carbons (Fsp3) is 1.00. The minimum Gasteiger partial charge on any atom is -0.330 e. The van der Waals surface area contributed by atoms with Crippen molar-refractivity contribution in [2.45, 2.75) is 46.2 Å². The Morgan fingerprint density at radius 1 is 1.33 bits per heavy atom. The van der Waals surface area contributed by atoms with E-state index in [9.17, 15) is 4.39 Å². The van der Waals surface area contributed by atoms with Gasteiger partial charge in [-0.05, 0) is 45.1 Å². The number of nitrogens with two attached hydrogens (primary N) is 1. The molecule has 1 unspecified atom stereocenters. The number of hydrogen-bond donors (Lipinski definition) is 1. The van der Waals surface area contributed by atoms with Crippen LogP contribution in [0.1, 0.15) is 40.5 Å². The second-order valence-corrected chi connectivity index (χ2v) is 4.47. The van der Waals surface area contributed by atoms with Crippen LogP contribution in [0.5, 0.6) is 0 Å². The predicted octanol–water partition coefficient (Wildman–Crippen LogP) is 2.75. The van der Waals surface area contributed by atoms with Gasteiger partial charge in [0.25, 0.3) is 0 Å². The number of hydrogen-bond acceptors (Lipinski definition) is 1. The zero-order valence-electron chi connectivity index (χ0n) is 8.73. The van der Waals surface area contributed by atoms with E-state index in [-0.39, 0.29) is 5.92 Å². The van der Waals surface area contributed by atoms with Crippen molar-refractivity contribution < 1.29 is 4.39 Å². The quantitative estimate of drug-likeness (QED) is 0.683. The molecular formula is C10H22FN. The van der Waals surface area contributed by atoms with Crippen LogP contribution in [0.25, 0.3) is 0 Å². The van der Waals surface area contributed by atoms with Gasteiger partial charge in [0, 0.05) is 0 Å². The lowest BCUT2D eigenvalue weighted by Gasteiger charge is -2.28. The maximum absolute atomic E-state index is 13.5. The maximum Gasteiger partial charge on any atom is 0.108 e. The summed E-state index contributed by atoms with van der Waals surface area (Å²) in [5.74, 6) is 0.666. The molecule has 0 aromatic heterocycles. The molecule has 0 radical (unpaired) electrons. The molecule has 0 bridgehead atoms. The van der Waals surface area contributed by atoms with E-state index in [1.807, 2.05) is 0 Å².